The number of benzene rings is 9. The number of aromatic nitrogens is 2. The van der Waals surface area contributed by atoms with Crippen LogP contribution < -0.4 is 4.90 Å². The summed E-state index contributed by atoms with van der Waals surface area (Å²) in [6.45, 7) is 0. The molecule has 0 bridgehead atoms. The SMILES string of the molecule is c1ccc(N(c2ccc(-n3c4ccccc4c4cc(-c5cccc6c5c5ccccc5n6-c5ccccc5)ccc43)cc2)c2ccc3sc4ccccc4c3c2)cc1. The van der Waals surface area contributed by atoms with Gasteiger partial charge < -0.3 is 14.0 Å². The van der Waals surface area contributed by atoms with Crippen LogP contribution in [0.5, 0.6) is 0 Å². The van der Waals surface area contributed by atoms with Crippen molar-refractivity contribution in [3.63, 3.8) is 0 Å². The summed E-state index contributed by atoms with van der Waals surface area (Å²) in [6.07, 6.45) is 0. The predicted octanol–water partition coefficient (Wildman–Crippen LogP) is 15.4. The number of anilines is 3. The van der Waals surface area contributed by atoms with Gasteiger partial charge in [0.1, 0.15) is 0 Å². The molecular weight excluding hydrogens is 723 g/mol. The summed E-state index contributed by atoms with van der Waals surface area (Å²) in [5.74, 6) is 0. The van der Waals surface area contributed by atoms with Crippen molar-refractivity contribution in [1.29, 1.82) is 0 Å². The first-order valence-corrected chi connectivity index (χ1v) is 20.6. The van der Waals surface area contributed by atoms with Crippen LogP contribution in [0.3, 0.4) is 0 Å². The van der Waals surface area contributed by atoms with Crippen LogP contribution in [0.2, 0.25) is 0 Å². The first-order valence-electron chi connectivity index (χ1n) is 19.8. The van der Waals surface area contributed by atoms with E-state index in [1.165, 1.54) is 80.6 Å². The zero-order chi connectivity index (χ0) is 38.2. The highest BCUT2D eigenvalue weighted by molar-refractivity contribution is 7.25. The summed E-state index contributed by atoms with van der Waals surface area (Å²) in [4.78, 5) is 2.36. The van der Waals surface area contributed by atoms with Gasteiger partial charge in [-0.25, -0.2) is 0 Å². The van der Waals surface area contributed by atoms with E-state index in [2.05, 4.69) is 226 Å². The summed E-state index contributed by atoms with van der Waals surface area (Å²) >= 11 is 1.85. The summed E-state index contributed by atoms with van der Waals surface area (Å²) in [5.41, 5.74) is 12.9. The Bertz CT molecular complexity index is 3500. The van der Waals surface area contributed by atoms with E-state index < -0.39 is 0 Å². The first kappa shape index (κ1) is 32.8. The van der Waals surface area contributed by atoms with Gasteiger partial charge in [0.25, 0.3) is 0 Å². The van der Waals surface area contributed by atoms with E-state index in [9.17, 15) is 0 Å². The molecule has 4 heteroatoms. The predicted molar refractivity (Wildman–Crippen MR) is 248 cm³/mol. The molecule has 9 aromatic carbocycles. The molecule has 12 aromatic rings. The summed E-state index contributed by atoms with van der Waals surface area (Å²) in [5, 5.41) is 7.60. The van der Waals surface area contributed by atoms with Gasteiger partial charge in [-0.05, 0) is 114 Å². The highest BCUT2D eigenvalue weighted by Gasteiger charge is 2.19. The van der Waals surface area contributed by atoms with Crippen molar-refractivity contribution in [1.82, 2.24) is 9.13 Å². The highest BCUT2D eigenvalue weighted by Crippen LogP contribution is 2.43. The molecule has 0 aliphatic carbocycles. The fourth-order valence-corrected chi connectivity index (χ4v) is 10.2. The van der Waals surface area contributed by atoms with E-state index >= 15 is 0 Å². The van der Waals surface area contributed by atoms with Crippen molar-refractivity contribution < 1.29 is 0 Å². The Morgan fingerprint density at radius 2 is 0.897 bits per heavy atom. The van der Waals surface area contributed by atoms with Crippen LogP contribution in [0, 0.1) is 0 Å². The molecule has 0 saturated carbocycles. The molecule has 0 N–H and O–H groups in total. The van der Waals surface area contributed by atoms with Gasteiger partial charge in [-0.15, -0.1) is 11.3 Å². The van der Waals surface area contributed by atoms with Crippen LogP contribution in [0.15, 0.2) is 212 Å². The number of hydrogen-bond acceptors (Lipinski definition) is 2. The van der Waals surface area contributed by atoms with Gasteiger partial charge in [-0.2, -0.15) is 0 Å². The van der Waals surface area contributed by atoms with Crippen LogP contribution in [-0.2, 0) is 0 Å². The Labute approximate surface area is 339 Å². The number of fused-ring (bicyclic) bond motifs is 9. The topological polar surface area (TPSA) is 13.1 Å². The third-order valence-corrected chi connectivity index (χ3v) is 12.8. The summed E-state index contributed by atoms with van der Waals surface area (Å²) in [7, 11) is 0. The van der Waals surface area contributed by atoms with E-state index in [1.807, 2.05) is 11.3 Å². The van der Waals surface area contributed by atoms with E-state index in [1.54, 1.807) is 0 Å². The molecule has 272 valence electrons. The van der Waals surface area contributed by atoms with Gasteiger partial charge in [0, 0.05) is 70.2 Å². The molecule has 0 fully saturated rings. The van der Waals surface area contributed by atoms with Gasteiger partial charge in [-0.3, -0.25) is 0 Å². The summed E-state index contributed by atoms with van der Waals surface area (Å²) in [6, 6.07) is 77.3. The molecule has 3 aromatic heterocycles. The second-order valence-corrected chi connectivity index (χ2v) is 16.0. The largest absolute Gasteiger partial charge is 0.310 e. The van der Waals surface area contributed by atoms with Crippen LogP contribution in [0.4, 0.5) is 17.1 Å². The average Bonchev–Trinajstić information content (AvgIpc) is 3.95. The van der Waals surface area contributed by atoms with Crippen LogP contribution in [-0.4, -0.2) is 9.13 Å². The lowest BCUT2D eigenvalue weighted by molar-refractivity contribution is 1.17. The van der Waals surface area contributed by atoms with E-state index in [0.717, 1.165) is 22.7 Å². The lowest BCUT2D eigenvalue weighted by Crippen LogP contribution is -2.09. The van der Waals surface area contributed by atoms with Gasteiger partial charge >= 0.3 is 0 Å². The molecule has 0 amide bonds. The maximum Gasteiger partial charge on any atom is 0.0547 e. The molecule has 12 rings (SSSR count). The molecule has 0 unspecified atom stereocenters. The van der Waals surface area contributed by atoms with Gasteiger partial charge in [-0.1, -0.05) is 109 Å². The van der Waals surface area contributed by atoms with Crippen LogP contribution in [0.25, 0.3) is 86.3 Å². The second kappa shape index (κ2) is 13.1. The van der Waals surface area contributed by atoms with Crippen molar-refractivity contribution in [3.05, 3.63) is 212 Å². The molecule has 0 saturated heterocycles. The highest BCUT2D eigenvalue weighted by atomic mass is 32.1. The van der Waals surface area contributed by atoms with Crippen LogP contribution >= 0.6 is 11.3 Å². The minimum Gasteiger partial charge on any atom is -0.310 e. The van der Waals surface area contributed by atoms with Crippen molar-refractivity contribution in [2.45, 2.75) is 0 Å². The zero-order valence-electron chi connectivity index (χ0n) is 31.5. The molecular formula is C54H35N3S. The first-order chi connectivity index (χ1) is 28.8. The fraction of sp³-hybridized carbons (Fsp3) is 0. The molecule has 3 heterocycles. The van der Waals surface area contributed by atoms with E-state index in [0.29, 0.717) is 0 Å². The quantitative estimate of drug-likeness (QED) is 0.165. The monoisotopic (exact) mass is 757 g/mol. The molecule has 0 aliphatic rings. The van der Waals surface area contributed by atoms with Crippen molar-refractivity contribution in [2.24, 2.45) is 0 Å². The van der Waals surface area contributed by atoms with Gasteiger partial charge in [0.05, 0.1) is 22.1 Å². The molecule has 0 radical (unpaired) electrons. The van der Waals surface area contributed by atoms with Gasteiger partial charge in [0.2, 0.25) is 0 Å². The number of rotatable bonds is 6. The minimum absolute atomic E-state index is 1.11. The number of nitrogens with zero attached hydrogens (tertiary/aromatic N) is 3. The Morgan fingerprint density at radius 1 is 0.328 bits per heavy atom. The molecule has 58 heavy (non-hydrogen) atoms. The molecule has 3 nitrogen and oxygen atoms in total. The second-order valence-electron chi connectivity index (χ2n) is 14.9. The smallest absolute Gasteiger partial charge is 0.0547 e. The molecule has 0 atom stereocenters. The maximum atomic E-state index is 2.41. The van der Waals surface area contributed by atoms with E-state index in [-0.39, 0.29) is 0 Å². The number of thiophene rings is 1. The Morgan fingerprint density at radius 3 is 1.71 bits per heavy atom. The molecule has 0 spiro atoms. The van der Waals surface area contributed by atoms with Crippen molar-refractivity contribution in [2.75, 3.05) is 4.90 Å². The normalized spacial score (nSPS) is 11.8. The minimum atomic E-state index is 1.11. The fourth-order valence-electron chi connectivity index (χ4n) is 9.16. The van der Waals surface area contributed by atoms with Crippen molar-refractivity contribution in [3.8, 4) is 22.5 Å². The van der Waals surface area contributed by atoms with E-state index in [4.69, 9.17) is 0 Å². The number of hydrogen-bond donors (Lipinski definition) is 0. The Kier molecular flexibility index (Phi) is 7.40. The molecule has 0 aliphatic heterocycles. The third-order valence-electron chi connectivity index (χ3n) is 11.7. The third kappa shape index (κ3) is 5.05. The summed E-state index contributed by atoms with van der Waals surface area (Å²) < 4.78 is 7.43. The van der Waals surface area contributed by atoms with Crippen LogP contribution in [0.1, 0.15) is 0 Å². The Hall–Kier alpha value is -7.40. The lowest BCUT2D eigenvalue weighted by Gasteiger charge is -2.26. The maximum absolute atomic E-state index is 2.41. The average molecular weight is 758 g/mol. The Balaban J connectivity index is 0.993. The zero-order valence-corrected chi connectivity index (χ0v) is 32.3. The standard InChI is InChI=1S/C54H35N3S/c1-3-14-37(15-4-1)55(41-31-33-53-47(35-41)44-19-9-12-25-52(44)58-53)39-27-29-40(30-28-39)56-48-22-10-7-18-43(48)46-34-36(26-32-50(46)56)42-21-13-24-51-54(42)45-20-8-11-23-49(45)57(51)38-16-5-2-6-17-38/h1-35H. The van der Waals surface area contributed by atoms with Crippen molar-refractivity contribution >= 4 is 92.2 Å². The lowest BCUT2D eigenvalue weighted by atomic mass is 9.98. The number of para-hydroxylation sites is 4. The van der Waals surface area contributed by atoms with Gasteiger partial charge in [0.15, 0.2) is 0 Å².